The van der Waals surface area contributed by atoms with E-state index < -0.39 is 0 Å². The molecule has 0 N–H and O–H groups in total. The molecule has 1 rings (SSSR count). The number of halogens is 1. The van der Waals surface area contributed by atoms with Crippen molar-refractivity contribution >= 4 is 11.6 Å². The molecule has 1 aliphatic rings. The Morgan fingerprint density at radius 1 is 1.00 bits per heavy atom. The first kappa shape index (κ1) is 10.3. The monoisotopic (exact) mass is 162 g/mol. The van der Waals surface area contributed by atoms with Crippen LogP contribution < -0.4 is 0 Å². The Labute approximate surface area is 70.0 Å². The van der Waals surface area contributed by atoms with Gasteiger partial charge in [-0.3, -0.25) is 0 Å². The van der Waals surface area contributed by atoms with Crippen LogP contribution in [0.5, 0.6) is 0 Å². The molecule has 1 fully saturated rings. The highest BCUT2D eigenvalue weighted by Crippen LogP contribution is 2.26. The fraction of sp³-hybridized carbons (Fsp3) is 1.00. The molecule has 0 aromatic carbocycles. The molecule has 0 nitrogen and oxygen atoms in total. The van der Waals surface area contributed by atoms with Gasteiger partial charge in [0.25, 0.3) is 0 Å². The summed E-state index contributed by atoms with van der Waals surface area (Å²) >= 11 is 5.88. The van der Waals surface area contributed by atoms with Gasteiger partial charge in [0, 0.05) is 5.38 Å². The Kier molecular flexibility index (Phi) is 6.20. The van der Waals surface area contributed by atoms with Gasteiger partial charge in [-0.25, -0.2) is 0 Å². The minimum Gasteiger partial charge on any atom is -0.123 e. The molecule has 1 aliphatic carbocycles. The van der Waals surface area contributed by atoms with Crippen molar-refractivity contribution in [1.29, 1.82) is 0 Å². The molecule has 0 heterocycles. The van der Waals surface area contributed by atoms with Crippen LogP contribution in [0.25, 0.3) is 0 Å². The molecule has 0 aromatic rings. The molecule has 1 heteroatoms. The van der Waals surface area contributed by atoms with Gasteiger partial charge in [0.2, 0.25) is 0 Å². The van der Waals surface area contributed by atoms with Crippen molar-refractivity contribution in [2.24, 2.45) is 5.92 Å². The third kappa shape index (κ3) is 4.16. The molecule has 1 saturated carbocycles. The number of hydrogen-bond acceptors (Lipinski definition) is 0. The van der Waals surface area contributed by atoms with Gasteiger partial charge in [0.15, 0.2) is 0 Å². The van der Waals surface area contributed by atoms with E-state index in [1.165, 1.54) is 25.7 Å². The Hall–Kier alpha value is 0.290. The molecule has 0 aliphatic heterocycles. The third-order valence-corrected chi connectivity index (χ3v) is 2.38. The van der Waals surface area contributed by atoms with E-state index in [4.69, 9.17) is 11.6 Å². The normalized spacial score (nSPS) is 32.4. The quantitative estimate of drug-likeness (QED) is 0.475. The lowest BCUT2D eigenvalue weighted by Crippen LogP contribution is -2.11. The van der Waals surface area contributed by atoms with Crippen LogP contribution in [0.2, 0.25) is 0 Å². The van der Waals surface area contributed by atoms with Gasteiger partial charge in [-0.2, -0.15) is 0 Å². The summed E-state index contributed by atoms with van der Waals surface area (Å²) in [6, 6.07) is 0. The van der Waals surface area contributed by atoms with Gasteiger partial charge < -0.3 is 0 Å². The largest absolute Gasteiger partial charge is 0.123 e. The van der Waals surface area contributed by atoms with E-state index in [0.29, 0.717) is 5.38 Å². The molecular weight excluding hydrogens is 144 g/mol. The summed E-state index contributed by atoms with van der Waals surface area (Å²) in [7, 11) is 0. The van der Waals surface area contributed by atoms with Crippen molar-refractivity contribution in [3.8, 4) is 0 Å². The minimum absolute atomic E-state index is 0.492. The van der Waals surface area contributed by atoms with Crippen molar-refractivity contribution in [2.75, 3.05) is 0 Å². The zero-order valence-corrected chi connectivity index (χ0v) is 8.12. The first-order chi connectivity index (χ1) is 4.79. The standard InChI is InChI=1S/C7H13Cl.C2H6/c1-6-2-4-7(8)5-3-6;1-2/h6-7H,2-5H2,1H3;1-2H3. The van der Waals surface area contributed by atoms with Crippen LogP contribution in [0.1, 0.15) is 46.5 Å². The van der Waals surface area contributed by atoms with Crippen molar-refractivity contribution in [3.63, 3.8) is 0 Å². The maximum Gasteiger partial charge on any atom is 0.0336 e. The van der Waals surface area contributed by atoms with Crippen LogP contribution in [0.3, 0.4) is 0 Å². The molecule has 0 aromatic heterocycles. The SMILES string of the molecule is CC.CC1CCC(Cl)CC1. The Balaban J connectivity index is 0.000000371. The van der Waals surface area contributed by atoms with Crippen LogP contribution in [0.15, 0.2) is 0 Å². The van der Waals surface area contributed by atoms with E-state index in [0.717, 1.165) is 5.92 Å². The molecule has 62 valence electrons. The van der Waals surface area contributed by atoms with Gasteiger partial charge >= 0.3 is 0 Å². The first-order valence-corrected chi connectivity index (χ1v) is 4.86. The van der Waals surface area contributed by atoms with E-state index in [-0.39, 0.29) is 0 Å². The van der Waals surface area contributed by atoms with Crippen molar-refractivity contribution in [2.45, 2.75) is 51.8 Å². The van der Waals surface area contributed by atoms with Crippen molar-refractivity contribution in [1.82, 2.24) is 0 Å². The highest BCUT2D eigenvalue weighted by atomic mass is 35.5. The average molecular weight is 163 g/mol. The van der Waals surface area contributed by atoms with E-state index in [1.54, 1.807) is 0 Å². The summed E-state index contributed by atoms with van der Waals surface area (Å²) in [5, 5.41) is 0.492. The van der Waals surface area contributed by atoms with Crippen molar-refractivity contribution < 1.29 is 0 Å². The lowest BCUT2D eigenvalue weighted by Gasteiger charge is -2.20. The van der Waals surface area contributed by atoms with Gasteiger partial charge in [0.1, 0.15) is 0 Å². The molecule has 10 heavy (non-hydrogen) atoms. The summed E-state index contributed by atoms with van der Waals surface area (Å²) < 4.78 is 0. The summed E-state index contributed by atoms with van der Waals surface area (Å²) in [5.41, 5.74) is 0. The highest BCUT2D eigenvalue weighted by Gasteiger charge is 2.14. The second-order valence-electron chi connectivity index (χ2n) is 2.86. The smallest absolute Gasteiger partial charge is 0.0336 e. The second-order valence-corrected chi connectivity index (χ2v) is 3.47. The predicted molar refractivity (Wildman–Crippen MR) is 48.6 cm³/mol. The molecule has 0 saturated heterocycles. The Bertz CT molecular complexity index is 53.1. The van der Waals surface area contributed by atoms with Gasteiger partial charge in [-0.15, -0.1) is 11.6 Å². The maximum atomic E-state index is 5.88. The summed E-state index contributed by atoms with van der Waals surface area (Å²) in [4.78, 5) is 0. The second kappa shape index (κ2) is 6.03. The van der Waals surface area contributed by atoms with E-state index >= 15 is 0 Å². The zero-order valence-electron chi connectivity index (χ0n) is 7.36. The van der Waals surface area contributed by atoms with Crippen LogP contribution in [0, 0.1) is 5.92 Å². The van der Waals surface area contributed by atoms with E-state index in [9.17, 15) is 0 Å². The maximum absolute atomic E-state index is 5.88. The number of hydrogen-bond donors (Lipinski definition) is 0. The lowest BCUT2D eigenvalue weighted by molar-refractivity contribution is 0.390. The molecule has 0 radical (unpaired) electrons. The van der Waals surface area contributed by atoms with Gasteiger partial charge in [-0.05, 0) is 31.6 Å². The number of rotatable bonds is 0. The fourth-order valence-electron chi connectivity index (χ4n) is 1.22. The first-order valence-electron chi connectivity index (χ1n) is 4.43. The third-order valence-electron chi connectivity index (χ3n) is 1.95. The topological polar surface area (TPSA) is 0 Å². The molecule has 0 amide bonds. The number of alkyl halides is 1. The van der Waals surface area contributed by atoms with Crippen LogP contribution in [0.4, 0.5) is 0 Å². The summed E-state index contributed by atoms with van der Waals surface area (Å²) in [6.45, 7) is 6.31. The van der Waals surface area contributed by atoms with Gasteiger partial charge in [-0.1, -0.05) is 20.8 Å². The van der Waals surface area contributed by atoms with E-state index in [2.05, 4.69) is 6.92 Å². The molecule has 0 unspecified atom stereocenters. The summed E-state index contributed by atoms with van der Waals surface area (Å²) in [5.74, 6) is 0.935. The molecule has 0 atom stereocenters. The Morgan fingerprint density at radius 3 is 1.70 bits per heavy atom. The van der Waals surface area contributed by atoms with Crippen LogP contribution in [-0.4, -0.2) is 5.38 Å². The molecule has 0 spiro atoms. The van der Waals surface area contributed by atoms with Crippen molar-refractivity contribution in [3.05, 3.63) is 0 Å². The Morgan fingerprint density at radius 2 is 1.40 bits per heavy atom. The minimum atomic E-state index is 0.492. The zero-order chi connectivity index (χ0) is 7.98. The molecular formula is C9H19Cl. The lowest BCUT2D eigenvalue weighted by atomic mass is 9.91. The van der Waals surface area contributed by atoms with E-state index in [1.807, 2.05) is 13.8 Å². The van der Waals surface area contributed by atoms with Gasteiger partial charge in [0.05, 0.1) is 0 Å². The predicted octanol–water partition coefficient (Wildman–Crippen LogP) is 3.83. The molecule has 0 bridgehead atoms. The van der Waals surface area contributed by atoms with Crippen LogP contribution >= 0.6 is 11.6 Å². The average Bonchev–Trinajstić information content (AvgIpc) is 2.00. The summed E-state index contributed by atoms with van der Waals surface area (Å²) in [6.07, 6.45) is 5.16. The fourth-order valence-corrected chi connectivity index (χ4v) is 1.47. The highest BCUT2D eigenvalue weighted by molar-refractivity contribution is 6.20. The van der Waals surface area contributed by atoms with Crippen LogP contribution in [-0.2, 0) is 0 Å².